The van der Waals surface area contributed by atoms with Gasteiger partial charge in [0.1, 0.15) is 11.2 Å². The molecule has 5 nitrogen and oxygen atoms in total. The van der Waals surface area contributed by atoms with E-state index in [9.17, 15) is 9.59 Å². The van der Waals surface area contributed by atoms with E-state index in [0.29, 0.717) is 6.54 Å². The van der Waals surface area contributed by atoms with Crippen molar-refractivity contribution < 1.29 is 9.59 Å². The summed E-state index contributed by atoms with van der Waals surface area (Å²) < 4.78 is 3.22. The second kappa shape index (κ2) is 7.46. The molecule has 2 saturated carbocycles. The zero-order chi connectivity index (χ0) is 20.0. The van der Waals surface area contributed by atoms with E-state index in [1.54, 1.807) is 11.3 Å². The van der Waals surface area contributed by atoms with E-state index >= 15 is 0 Å². The average Bonchev–Trinajstić information content (AvgIpc) is 3.32. The van der Waals surface area contributed by atoms with Crippen LogP contribution in [0.2, 0.25) is 0 Å². The fourth-order valence-corrected chi connectivity index (χ4v) is 6.56. The summed E-state index contributed by atoms with van der Waals surface area (Å²) in [7, 11) is 0. The fourth-order valence-electron chi connectivity index (χ4n) is 5.73. The number of hydrogen-bond acceptors (Lipinski definition) is 3. The first-order valence-corrected chi connectivity index (χ1v) is 12.2. The summed E-state index contributed by atoms with van der Waals surface area (Å²) >= 11 is 1.66. The molecule has 1 atom stereocenters. The molecule has 0 aromatic carbocycles. The van der Waals surface area contributed by atoms with Crippen molar-refractivity contribution in [2.24, 2.45) is 0 Å². The van der Waals surface area contributed by atoms with Crippen LogP contribution in [0.3, 0.4) is 0 Å². The number of nitrogens with zero attached hydrogens (tertiary/aromatic N) is 2. The number of thiophene rings is 1. The van der Waals surface area contributed by atoms with Crippen molar-refractivity contribution >= 4 is 33.4 Å². The SMILES string of the molecule is C[C@]1(C(=O)NC2CCCCC2)Cn2c(cc3sccc32)C(=O)N1C1CCCCC1. The largest absolute Gasteiger partial charge is 0.351 e. The van der Waals surface area contributed by atoms with Gasteiger partial charge in [0.2, 0.25) is 5.91 Å². The highest BCUT2D eigenvalue weighted by Crippen LogP contribution is 2.38. The molecule has 0 radical (unpaired) electrons. The number of aromatic nitrogens is 1. The Labute approximate surface area is 176 Å². The van der Waals surface area contributed by atoms with Gasteiger partial charge in [0.05, 0.1) is 16.8 Å². The molecule has 3 heterocycles. The highest BCUT2D eigenvalue weighted by atomic mass is 32.1. The maximum Gasteiger partial charge on any atom is 0.271 e. The Bertz CT molecular complexity index is 920. The quantitative estimate of drug-likeness (QED) is 0.793. The third kappa shape index (κ3) is 3.20. The van der Waals surface area contributed by atoms with Gasteiger partial charge in [-0.15, -0.1) is 11.3 Å². The van der Waals surface area contributed by atoms with Crippen LogP contribution in [0.15, 0.2) is 17.5 Å². The van der Waals surface area contributed by atoms with Crippen LogP contribution in [0.4, 0.5) is 0 Å². The van der Waals surface area contributed by atoms with Gasteiger partial charge in [0.25, 0.3) is 5.91 Å². The number of carbonyl (C=O) groups is 2. The first-order valence-electron chi connectivity index (χ1n) is 11.3. The average molecular weight is 414 g/mol. The van der Waals surface area contributed by atoms with Crippen molar-refractivity contribution in [3.8, 4) is 0 Å². The number of amides is 2. The second-order valence-corrected chi connectivity index (χ2v) is 10.3. The van der Waals surface area contributed by atoms with Crippen LogP contribution in [0, 0.1) is 0 Å². The lowest BCUT2D eigenvalue weighted by molar-refractivity contribution is -0.135. The van der Waals surface area contributed by atoms with Crippen LogP contribution in [-0.2, 0) is 11.3 Å². The summed E-state index contributed by atoms with van der Waals surface area (Å²) in [4.78, 5) is 29.4. The van der Waals surface area contributed by atoms with E-state index in [-0.39, 0.29) is 23.9 Å². The van der Waals surface area contributed by atoms with E-state index < -0.39 is 5.54 Å². The highest BCUT2D eigenvalue weighted by Gasteiger charge is 2.50. The van der Waals surface area contributed by atoms with Crippen LogP contribution in [0.5, 0.6) is 0 Å². The molecule has 2 aliphatic carbocycles. The first kappa shape index (κ1) is 19.2. The standard InChI is InChI=1S/C23H31N3O2S/c1-23(22(28)24-16-8-4-2-5-9-16)15-25-18-12-13-29-20(18)14-19(25)21(27)26(23)17-10-6-3-7-11-17/h12-14,16-17H,2-11,15H2,1H3,(H,24,28)/t23-/m1/s1. The van der Waals surface area contributed by atoms with Crippen molar-refractivity contribution in [3.63, 3.8) is 0 Å². The minimum atomic E-state index is -0.836. The van der Waals surface area contributed by atoms with Gasteiger partial charge in [-0.05, 0) is 50.1 Å². The normalized spacial score (nSPS) is 26.7. The fraction of sp³-hybridized carbons (Fsp3) is 0.652. The van der Waals surface area contributed by atoms with E-state index in [0.717, 1.165) is 54.4 Å². The summed E-state index contributed by atoms with van der Waals surface area (Å²) in [5.74, 6) is 0.0684. The lowest BCUT2D eigenvalue weighted by Crippen LogP contribution is -2.67. The molecule has 1 aliphatic heterocycles. The maximum absolute atomic E-state index is 13.7. The molecular formula is C23H31N3O2S. The molecule has 0 bridgehead atoms. The van der Waals surface area contributed by atoms with Gasteiger partial charge in [-0.2, -0.15) is 0 Å². The Kier molecular flexibility index (Phi) is 4.93. The van der Waals surface area contributed by atoms with Crippen LogP contribution >= 0.6 is 11.3 Å². The molecule has 6 heteroatoms. The van der Waals surface area contributed by atoms with Gasteiger partial charge in [-0.25, -0.2) is 0 Å². The predicted octanol–water partition coefficient (Wildman–Crippen LogP) is 4.70. The molecule has 29 heavy (non-hydrogen) atoms. The minimum absolute atomic E-state index is 0.0334. The van der Waals surface area contributed by atoms with Crippen LogP contribution in [-0.4, -0.2) is 38.9 Å². The van der Waals surface area contributed by atoms with Crippen molar-refractivity contribution in [1.82, 2.24) is 14.8 Å². The topological polar surface area (TPSA) is 54.3 Å². The number of rotatable bonds is 3. The first-order chi connectivity index (χ1) is 14.1. The van der Waals surface area contributed by atoms with Crippen molar-refractivity contribution in [3.05, 3.63) is 23.2 Å². The molecule has 0 unspecified atom stereocenters. The number of fused-ring (bicyclic) bond motifs is 3. The Hall–Kier alpha value is -1.82. The Morgan fingerprint density at radius 3 is 2.52 bits per heavy atom. The highest BCUT2D eigenvalue weighted by molar-refractivity contribution is 7.17. The second-order valence-electron chi connectivity index (χ2n) is 9.34. The van der Waals surface area contributed by atoms with Crippen molar-refractivity contribution in [1.29, 1.82) is 0 Å². The Balaban J connectivity index is 1.53. The van der Waals surface area contributed by atoms with Gasteiger partial charge in [-0.3, -0.25) is 9.59 Å². The lowest BCUT2D eigenvalue weighted by atomic mass is 9.86. The van der Waals surface area contributed by atoms with Crippen LogP contribution < -0.4 is 5.32 Å². The summed E-state index contributed by atoms with van der Waals surface area (Å²) in [6.45, 7) is 2.54. The number of hydrogen-bond donors (Lipinski definition) is 1. The van der Waals surface area contributed by atoms with E-state index in [1.807, 2.05) is 17.9 Å². The van der Waals surface area contributed by atoms with E-state index in [1.165, 1.54) is 25.7 Å². The summed E-state index contributed by atoms with van der Waals surface area (Å²) in [5.41, 5.74) is 0.996. The molecule has 5 rings (SSSR count). The monoisotopic (exact) mass is 413 g/mol. The molecule has 0 spiro atoms. The molecule has 2 aromatic heterocycles. The molecule has 156 valence electrons. The Morgan fingerprint density at radius 1 is 1.10 bits per heavy atom. The molecule has 2 fully saturated rings. The molecular weight excluding hydrogens is 382 g/mol. The van der Waals surface area contributed by atoms with Gasteiger partial charge < -0.3 is 14.8 Å². The smallest absolute Gasteiger partial charge is 0.271 e. The lowest BCUT2D eigenvalue weighted by Gasteiger charge is -2.49. The molecule has 2 aromatic rings. The van der Waals surface area contributed by atoms with Crippen molar-refractivity contribution in [2.45, 2.75) is 95.3 Å². The van der Waals surface area contributed by atoms with Gasteiger partial charge in [0.15, 0.2) is 0 Å². The summed E-state index contributed by atoms with van der Waals surface area (Å²) in [5, 5.41) is 5.40. The summed E-state index contributed by atoms with van der Waals surface area (Å²) in [6, 6.07) is 4.52. The molecule has 1 N–H and O–H groups in total. The zero-order valence-corrected chi connectivity index (χ0v) is 18.1. The zero-order valence-electron chi connectivity index (χ0n) is 17.3. The molecule has 3 aliphatic rings. The predicted molar refractivity (Wildman–Crippen MR) is 116 cm³/mol. The Morgan fingerprint density at radius 2 is 1.79 bits per heavy atom. The maximum atomic E-state index is 13.7. The minimum Gasteiger partial charge on any atom is -0.351 e. The van der Waals surface area contributed by atoms with E-state index in [4.69, 9.17) is 0 Å². The van der Waals surface area contributed by atoms with Gasteiger partial charge >= 0.3 is 0 Å². The summed E-state index contributed by atoms with van der Waals surface area (Å²) in [6.07, 6.45) is 11.3. The van der Waals surface area contributed by atoms with Gasteiger partial charge in [0, 0.05) is 12.1 Å². The number of nitrogens with one attached hydrogen (secondary N) is 1. The number of carbonyl (C=O) groups excluding carboxylic acids is 2. The van der Waals surface area contributed by atoms with Crippen molar-refractivity contribution in [2.75, 3.05) is 0 Å². The third-order valence-electron chi connectivity index (χ3n) is 7.33. The van der Waals surface area contributed by atoms with Crippen LogP contribution in [0.1, 0.15) is 81.6 Å². The third-order valence-corrected chi connectivity index (χ3v) is 8.18. The van der Waals surface area contributed by atoms with Gasteiger partial charge in [-0.1, -0.05) is 38.5 Å². The van der Waals surface area contributed by atoms with E-state index in [2.05, 4.69) is 21.3 Å². The molecule has 0 saturated heterocycles. The molecule has 2 amide bonds. The van der Waals surface area contributed by atoms with Crippen LogP contribution in [0.25, 0.3) is 10.2 Å².